The number of ether oxygens (including phenoxy) is 1. The van der Waals surface area contributed by atoms with E-state index < -0.39 is 12.0 Å². The largest absolute Gasteiger partial charge is 0.447 e. The molecular formula is C17H20N4O4S. The molecule has 0 saturated carbocycles. The number of aromatic nitrogens is 1. The smallest absolute Gasteiger partial charge is 0.414 e. The first-order valence-corrected chi connectivity index (χ1v) is 8.84. The summed E-state index contributed by atoms with van der Waals surface area (Å²) in [6.45, 7) is 3.78. The summed E-state index contributed by atoms with van der Waals surface area (Å²) in [5, 5.41) is 6.78. The van der Waals surface area contributed by atoms with E-state index in [1.807, 2.05) is 0 Å². The fourth-order valence-corrected chi connectivity index (χ4v) is 2.85. The van der Waals surface area contributed by atoms with Crippen LogP contribution in [0.5, 0.6) is 0 Å². The van der Waals surface area contributed by atoms with Gasteiger partial charge in [-0.25, -0.2) is 4.79 Å². The average Bonchev–Trinajstić information content (AvgIpc) is 3.02. The number of nitrogens with one attached hydrogen (secondary N) is 2. The molecule has 0 aliphatic heterocycles. The maximum Gasteiger partial charge on any atom is 0.414 e. The highest BCUT2D eigenvalue weighted by molar-refractivity contribution is 7.14. The van der Waals surface area contributed by atoms with Crippen LogP contribution in [-0.4, -0.2) is 35.5 Å². The van der Waals surface area contributed by atoms with Crippen LogP contribution in [0, 0.1) is 0 Å². The maximum atomic E-state index is 12.4. The van der Waals surface area contributed by atoms with Crippen LogP contribution >= 0.6 is 11.3 Å². The van der Waals surface area contributed by atoms with Gasteiger partial charge in [0, 0.05) is 23.9 Å². The minimum Gasteiger partial charge on any atom is -0.447 e. The van der Waals surface area contributed by atoms with Crippen LogP contribution in [0.1, 0.15) is 40.3 Å². The number of hydrogen-bond donors (Lipinski definition) is 3. The first-order valence-electron chi connectivity index (χ1n) is 7.96. The summed E-state index contributed by atoms with van der Waals surface area (Å²) in [7, 11) is 0. The number of nitrogens with two attached hydrogens (primary N) is 1. The average molecular weight is 376 g/mol. The van der Waals surface area contributed by atoms with Gasteiger partial charge in [0.25, 0.3) is 11.8 Å². The number of rotatable bonds is 6. The van der Waals surface area contributed by atoms with Gasteiger partial charge in [-0.3, -0.25) is 19.9 Å². The Morgan fingerprint density at radius 1 is 1.27 bits per heavy atom. The van der Waals surface area contributed by atoms with E-state index in [0.717, 1.165) is 0 Å². The molecule has 2 aromatic heterocycles. The molecule has 0 radical (unpaired) electrons. The van der Waals surface area contributed by atoms with Crippen LogP contribution in [0.15, 0.2) is 29.8 Å². The Bertz CT molecular complexity index is 804. The molecule has 0 unspecified atom stereocenters. The van der Waals surface area contributed by atoms with Gasteiger partial charge in [-0.15, -0.1) is 11.3 Å². The second-order valence-corrected chi connectivity index (χ2v) is 6.52. The van der Waals surface area contributed by atoms with Crippen LogP contribution in [0.25, 0.3) is 0 Å². The standard InChI is InChI=1S/C17H20N4O4S/c1-10(2)25-17(24)21-15(23)13-5-8-26-16(13)20-14(22)11-4-7-19-12(9-11)3-6-18/h4-5,7-10H,3,6,18H2,1-2H3,(H,20,22)(H,21,23,24). The van der Waals surface area contributed by atoms with Crippen molar-refractivity contribution in [1.82, 2.24) is 10.3 Å². The van der Waals surface area contributed by atoms with Gasteiger partial charge < -0.3 is 15.8 Å². The number of carbonyl (C=O) groups excluding carboxylic acids is 3. The van der Waals surface area contributed by atoms with Crippen LogP contribution in [0.4, 0.5) is 9.80 Å². The zero-order valence-corrected chi connectivity index (χ0v) is 15.3. The van der Waals surface area contributed by atoms with Gasteiger partial charge in [-0.05, 0) is 44.0 Å². The maximum absolute atomic E-state index is 12.4. The van der Waals surface area contributed by atoms with Crippen LogP contribution in [0.2, 0.25) is 0 Å². The quantitative estimate of drug-likeness (QED) is 0.710. The van der Waals surface area contributed by atoms with Gasteiger partial charge in [0.2, 0.25) is 0 Å². The molecule has 4 N–H and O–H groups in total. The van der Waals surface area contributed by atoms with E-state index in [9.17, 15) is 14.4 Å². The molecule has 2 heterocycles. The molecule has 0 spiro atoms. The molecule has 0 saturated heterocycles. The Balaban J connectivity index is 2.08. The third-order valence-electron chi connectivity index (χ3n) is 3.17. The van der Waals surface area contributed by atoms with E-state index in [0.29, 0.717) is 29.2 Å². The van der Waals surface area contributed by atoms with Crippen molar-refractivity contribution in [1.29, 1.82) is 0 Å². The number of alkyl carbamates (subject to hydrolysis) is 1. The zero-order chi connectivity index (χ0) is 19.1. The Hall–Kier alpha value is -2.78. The van der Waals surface area contributed by atoms with Crippen molar-refractivity contribution >= 4 is 34.2 Å². The highest BCUT2D eigenvalue weighted by atomic mass is 32.1. The van der Waals surface area contributed by atoms with Crippen LogP contribution < -0.4 is 16.4 Å². The van der Waals surface area contributed by atoms with Gasteiger partial charge in [0.1, 0.15) is 5.00 Å². The minimum absolute atomic E-state index is 0.181. The Morgan fingerprint density at radius 3 is 2.73 bits per heavy atom. The van der Waals surface area contributed by atoms with Crippen LogP contribution in [-0.2, 0) is 11.2 Å². The summed E-state index contributed by atoms with van der Waals surface area (Å²) >= 11 is 1.18. The summed E-state index contributed by atoms with van der Waals surface area (Å²) in [6, 6.07) is 4.74. The van der Waals surface area contributed by atoms with Gasteiger partial charge in [-0.1, -0.05) is 0 Å². The van der Waals surface area contributed by atoms with Gasteiger partial charge in [0.05, 0.1) is 11.7 Å². The molecule has 0 fully saturated rings. The molecular weight excluding hydrogens is 356 g/mol. The Morgan fingerprint density at radius 2 is 2.04 bits per heavy atom. The predicted molar refractivity (Wildman–Crippen MR) is 98.4 cm³/mol. The number of nitrogens with zero attached hydrogens (tertiary/aromatic N) is 1. The fourth-order valence-electron chi connectivity index (χ4n) is 2.07. The van der Waals surface area contributed by atoms with Crippen molar-refractivity contribution in [3.63, 3.8) is 0 Å². The molecule has 0 atom stereocenters. The number of amides is 3. The molecule has 0 aromatic carbocycles. The Labute approximate surface area is 154 Å². The lowest BCUT2D eigenvalue weighted by Gasteiger charge is -2.09. The van der Waals surface area contributed by atoms with Gasteiger partial charge in [0.15, 0.2) is 0 Å². The minimum atomic E-state index is -0.839. The molecule has 0 aliphatic carbocycles. The fraction of sp³-hybridized carbons (Fsp3) is 0.294. The monoisotopic (exact) mass is 376 g/mol. The van der Waals surface area contributed by atoms with E-state index in [2.05, 4.69) is 15.6 Å². The second-order valence-electron chi connectivity index (χ2n) is 5.60. The van der Waals surface area contributed by atoms with E-state index >= 15 is 0 Å². The van der Waals surface area contributed by atoms with Crippen LogP contribution in [0.3, 0.4) is 0 Å². The van der Waals surface area contributed by atoms with Crippen molar-refractivity contribution in [2.24, 2.45) is 5.73 Å². The van der Waals surface area contributed by atoms with Gasteiger partial charge >= 0.3 is 6.09 Å². The molecule has 3 amide bonds. The number of anilines is 1. The summed E-state index contributed by atoms with van der Waals surface area (Å²) in [4.78, 5) is 40.3. The number of thiophene rings is 1. The number of imide groups is 1. The number of pyridine rings is 1. The molecule has 138 valence electrons. The zero-order valence-electron chi connectivity index (χ0n) is 14.4. The first-order chi connectivity index (χ1) is 12.4. The normalized spacial score (nSPS) is 10.5. The Kier molecular flexibility index (Phi) is 6.81. The topological polar surface area (TPSA) is 123 Å². The lowest BCUT2D eigenvalue weighted by molar-refractivity contribution is 0.0877. The summed E-state index contributed by atoms with van der Waals surface area (Å²) < 4.78 is 4.87. The van der Waals surface area contributed by atoms with E-state index in [1.54, 1.807) is 31.4 Å². The highest BCUT2D eigenvalue weighted by Crippen LogP contribution is 2.24. The van der Waals surface area contributed by atoms with Crippen molar-refractivity contribution in [3.8, 4) is 0 Å². The summed E-state index contributed by atoms with van der Waals surface area (Å²) in [5.41, 5.74) is 6.79. The second kappa shape index (κ2) is 9.07. The first kappa shape index (κ1) is 19.5. The molecule has 8 nitrogen and oxygen atoms in total. The SMILES string of the molecule is CC(C)OC(=O)NC(=O)c1ccsc1NC(=O)c1ccnc(CCN)c1. The third-order valence-corrected chi connectivity index (χ3v) is 4.00. The molecule has 26 heavy (non-hydrogen) atoms. The third kappa shape index (κ3) is 5.36. The van der Waals surface area contributed by atoms with E-state index in [4.69, 9.17) is 10.5 Å². The molecule has 0 bridgehead atoms. The van der Waals surface area contributed by atoms with Crippen molar-refractivity contribution in [2.45, 2.75) is 26.4 Å². The molecule has 9 heteroatoms. The van der Waals surface area contributed by atoms with Crippen molar-refractivity contribution in [3.05, 3.63) is 46.6 Å². The van der Waals surface area contributed by atoms with E-state index in [-0.39, 0.29) is 17.6 Å². The molecule has 2 rings (SSSR count). The highest BCUT2D eigenvalue weighted by Gasteiger charge is 2.19. The van der Waals surface area contributed by atoms with Gasteiger partial charge in [-0.2, -0.15) is 0 Å². The number of carbonyl (C=O) groups is 3. The van der Waals surface area contributed by atoms with E-state index in [1.165, 1.54) is 23.6 Å². The predicted octanol–water partition coefficient (Wildman–Crippen LogP) is 2.17. The molecule has 2 aromatic rings. The summed E-state index contributed by atoms with van der Waals surface area (Å²) in [6.07, 6.45) is 0.906. The molecule has 0 aliphatic rings. The number of hydrogen-bond acceptors (Lipinski definition) is 7. The van der Waals surface area contributed by atoms with Crippen molar-refractivity contribution in [2.75, 3.05) is 11.9 Å². The lowest BCUT2D eigenvalue weighted by atomic mass is 10.2. The van der Waals surface area contributed by atoms with Crippen molar-refractivity contribution < 1.29 is 19.1 Å². The summed E-state index contributed by atoms with van der Waals surface area (Å²) in [5.74, 6) is -1.03. The lowest BCUT2D eigenvalue weighted by Crippen LogP contribution is -2.32.